The molecule has 2 atom stereocenters. The molecule has 2 N–H and O–H groups in total. The highest BCUT2D eigenvalue weighted by Gasteiger charge is 2.31. The quantitative estimate of drug-likeness (QED) is 0.588. The van der Waals surface area contributed by atoms with Crippen molar-refractivity contribution in [2.45, 2.75) is 45.3 Å². The molecule has 0 unspecified atom stereocenters. The van der Waals surface area contributed by atoms with Crippen LogP contribution in [0.2, 0.25) is 0 Å². The molecular formula is C26H32N6O2. The minimum atomic E-state index is -0.121. The van der Waals surface area contributed by atoms with Crippen molar-refractivity contribution >= 4 is 22.6 Å². The summed E-state index contributed by atoms with van der Waals surface area (Å²) in [4.78, 5) is 23.9. The molecule has 2 saturated heterocycles. The molecular weight excluding hydrogens is 428 g/mol. The number of carbonyl (C=O) groups excluding carboxylic acids is 1. The third kappa shape index (κ3) is 4.00. The number of ether oxygens (including phenoxy) is 1. The van der Waals surface area contributed by atoms with Gasteiger partial charge in [0.15, 0.2) is 0 Å². The van der Waals surface area contributed by atoms with Gasteiger partial charge in [-0.3, -0.25) is 4.79 Å². The maximum Gasteiger partial charge on any atom is 0.241 e. The molecule has 6 rings (SSSR count). The predicted molar refractivity (Wildman–Crippen MR) is 132 cm³/mol. The number of anilines is 1. The molecule has 1 saturated carbocycles. The number of hydrogen-bond donors (Lipinski definition) is 2. The second kappa shape index (κ2) is 8.58. The van der Waals surface area contributed by atoms with Crippen molar-refractivity contribution in [2.75, 3.05) is 37.6 Å². The van der Waals surface area contributed by atoms with Gasteiger partial charge in [-0.2, -0.15) is 0 Å². The summed E-state index contributed by atoms with van der Waals surface area (Å²) in [5.41, 5.74) is 6.33. The van der Waals surface area contributed by atoms with Gasteiger partial charge in [-0.15, -0.1) is 0 Å². The first-order valence-electron chi connectivity index (χ1n) is 12.4. The molecule has 8 nitrogen and oxygen atoms in total. The average molecular weight is 461 g/mol. The van der Waals surface area contributed by atoms with E-state index in [1.54, 1.807) is 0 Å². The molecule has 2 aromatic heterocycles. The summed E-state index contributed by atoms with van der Waals surface area (Å²) in [7, 11) is 0. The van der Waals surface area contributed by atoms with Crippen molar-refractivity contribution < 1.29 is 9.53 Å². The molecule has 2 aliphatic heterocycles. The molecule has 34 heavy (non-hydrogen) atoms. The molecule has 8 heteroatoms. The molecule has 0 bridgehead atoms. The maximum absolute atomic E-state index is 11.7. The van der Waals surface area contributed by atoms with E-state index >= 15 is 0 Å². The van der Waals surface area contributed by atoms with Crippen LogP contribution in [0.1, 0.15) is 37.8 Å². The van der Waals surface area contributed by atoms with E-state index in [9.17, 15) is 4.79 Å². The highest BCUT2D eigenvalue weighted by Crippen LogP contribution is 2.40. The van der Waals surface area contributed by atoms with Crippen LogP contribution in [0.5, 0.6) is 5.88 Å². The Hall–Kier alpha value is -3.13. The fourth-order valence-electron chi connectivity index (χ4n) is 5.19. The van der Waals surface area contributed by atoms with Gasteiger partial charge in [-0.25, -0.2) is 9.97 Å². The zero-order chi connectivity index (χ0) is 23.2. The molecule has 1 aliphatic carbocycles. The summed E-state index contributed by atoms with van der Waals surface area (Å²) in [6.07, 6.45) is 4.62. The summed E-state index contributed by atoms with van der Waals surface area (Å²) in [5, 5.41) is 6.34. The zero-order valence-corrected chi connectivity index (χ0v) is 19.9. The number of amides is 1. The van der Waals surface area contributed by atoms with Gasteiger partial charge < -0.3 is 24.8 Å². The Morgan fingerprint density at radius 1 is 1.18 bits per heavy atom. The third-order valence-electron chi connectivity index (χ3n) is 7.38. The van der Waals surface area contributed by atoms with Gasteiger partial charge in [-0.1, -0.05) is 6.07 Å². The number of nitrogens with zero attached hydrogens (tertiary/aromatic N) is 4. The molecule has 178 valence electrons. The Morgan fingerprint density at radius 3 is 2.71 bits per heavy atom. The SMILES string of the molecule is Cc1cc(-c2cc3ncn(C4CC4)c3c(O[C@H](C)[C@H]3CNC(=O)C3)n2)ccc1N1CCNCC1. The van der Waals surface area contributed by atoms with E-state index in [4.69, 9.17) is 14.7 Å². The molecule has 0 spiro atoms. The van der Waals surface area contributed by atoms with Gasteiger partial charge >= 0.3 is 0 Å². The zero-order valence-electron chi connectivity index (χ0n) is 19.9. The van der Waals surface area contributed by atoms with Crippen LogP contribution in [0.4, 0.5) is 5.69 Å². The van der Waals surface area contributed by atoms with Gasteiger partial charge in [-0.05, 0) is 50.5 Å². The highest BCUT2D eigenvalue weighted by molar-refractivity contribution is 5.85. The first-order valence-corrected chi connectivity index (χ1v) is 12.4. The van der Waals surface area contributed by atoms with Crippen LogP contribution in [-0.4, -0.2) is 59.3 Å². The summed E-state index contributed by atoms with van der Waals surface area (Å²) in [6.45, 7) is 8.94. The molecule has 0 radical (unpaired) electrons. The summed E-state index contributed by atoms with van der Waals surface area (Å²) in [5.74, 6) is 0.855. The number of aromatic nitrogens is 3. The van der Waals surface area contributed by atoms with Crippen LogP contribution in [0, 0.1) is 12.8 Å². The van der Waals surface area contributed by atoms with Gasteiger partial charge in [0.1, 0.15) is 11.6 Å². The Balaban J connectivity index is 1.36. The smallest absolute Gasteiger partial charge is 0.241 e. The summed E-state index contributed by atoms with van der Waals surface area (Å²) in [6, 6.07) is 9.14. The fraction of sp³-hybridized carbons (Fsp3) is 0.500. The predicted octanol–water partition coefficient (Wildman–Crippen LogP) is 3.05. The lowest BCUT2D eigenvalue weighted by molar-refractivity contribution is -0.119. The third-order valence-corrected chi connectivity index (χ3v) is 7.38. The fourth-order valence-corrected chi connectivity index (χ4v) is 5.19. The number of piperazine rings is 1. The second-order valence-electron chi connectivity index (χ2n) is 9.89. The van der Waals surface area contributed by atoms with Crippen molar-refractivity contribution in [2.24, 2.45) is 5.92 Å². The van der Waals surface area contributed by atoms with Crippen molar-refractivity contribution in [1.29, 1.82) is 0 Å². The van der Waals surface area contributed by atoms with Crippen molar-refractivity contribution in [3.8, 4) is 17.1 Å². The average Bonchev–Trinajstić information content (AvgIpc) is 3.44. The van der Waals surface area contributed by atoms with Gasteiger partial charge in [0.05, 0.1) is 17.5 Å². The molecule has 3 aliphatic rings. The number of nitrogens with one attached hydrogen (secondary N) is 2. The van der Waals surface area contributed by atoms with E-state index < -0.39 is 0 Å². The van der Waals surface area contributed by atoms with E-state index in [1.165, 1.54) is 11.3 Å². The number of hydrogen-bond acceptors (Lipinski definition) is 6. The normalized spacial score (nSPS) is 21.6. The van der Waals surface area contributed by atoms with Gasteiger partial charge in [0.25, 0.3) is 0 Å². The molecule has 1 amide bonds. The van der Waals surface area contributed by atoms with Crippen LogP contribution in [-0.2, 0) is 4.79 Å². The lowest BCUT2D eigenvalue weighted by Gasteiger charge is -2.30. The number of imidazole rings is 1. The number of carbonyl (C=O) groups is 1. The van der Waals surface area contributed by atoms with Crippen LogP contribution >= 0.6 is 0 Å². The van der Waals surface area contributed by atoms with E-state index in [1.807, 2.05) is 13.3 Å². The van der Waals surface area contributed by atoms with Crippen LogP contribution < -0.4 is 20.3 Å². The van der Waals surface area contributed by atoms with Gasteiger partial charge in [0.2, 0.25) is 11.8 Å². The van der Waals surface area contributed by atoms with Crippen LogP contribution in [0.15, 0.2) is 30.6 Å². The first kappa shape index (κ1) is 21.4. The van der Waals surface area contributed by atoms with Crippen LogP contribution in [0.25, 0.3) is 22.3 Å². The first-order chi connectivity index (χ1) is 16.6. The number of fused-ring (bicyclic) bond motifs is 1. The Kier molecular flexibility index (Phi) is 5.40. The van der Waals surface area contributed by atoms with Crippen LogP contribution in [0.3, 0.4) is 0 Å². The molecule has 3 fully saturated rings. The Morgan fingerprint density at radius 2 is 2.00 bits per heavy atom. The number of aryl methyl sites for hydroxylation is 1. The lowest BCUT2D eigenvalue weighted by atomic mass is 10.0. The molecule has 4 heterocycles. The topological polar surface area (TPSA) is 84.3 Å². The Labute approximate surface area is 199 Å². The summed E-state index contributed by atoms with van der Waals surface area (Å²) < 4.78 is 8.68. The Bertz CT molecular complexity index is 1230. The highest BCUT2D eigenvalue weighted by atomic mass is 16.5. The largest absolute Gasteiger partial charge is 0.473 e. The number of benzene rings is 1. The van der Waals surface area contributed by atoms with Crippen molar-refractivity contribution in [3.63, 3.8) is 0 Å². The number of pyridine rings is 1. The minimum absolute atomic E-state index is 0.0929. The van der Waals surface area contributed by atoms with Gasteiger partial charge in [0, 0.05) is 62.4 Å². The summed E-state index contributed by atoms with van der Waals surface area (Å²) >= 11 is 0. The monoisotopic (exact) mass is 460 g/mol. The maximum atomic E-state index is 11.7. The second-order valence-corrected chi connectivity index (χ2v) is 9.89. The van der Waals surface area contributed by atoms with E-state index in [0.717, 1.165) is 61.3 Å². The number of rotatable bonds is 6. The lowest BCUT2D eigenvalue weighted by Crippen LogP contribution is -2.43. The standard InChI is InChI=1S/C26H32N6O2/c1-16-11-18(3-6-23(16)31-9-7-27-8-10-31)21-13-22-25(32(15-29-22)20-4-5-20)26(30-21)34-17(2)19-12-24(33)28-14-19/h3,6,11,13,15,17,19-20,27H,4-5,7-10,12,14H2,1-2H3,(H,28,33)/t17-,19-/m1/s1. The van der Waals surface area contributed by atoms with Crippen molar-refractivity contribution in [1.82, 2.24) is 25.2 Å². The van der Waals surface area contributed by atoms with E-state index in [-0.39, 0.29) is 17.9 Å². The van der Waals surface area contributed by atoms with E-state index in [0.29, 0.717) is 24.9 Å². The van der Waals surface area contributed by atoms with Crippen molar-refractivity contribution in [3.05, 3.63) is 36.2 Å². The van der Waals surface area contributed by atoms with E-state index in [2.05, 4.69) is 51.3 Å². The molecule has 3 aromatic rings. The minimum Gasteiger partial charge on any atom is -0.473 e. The molecule has 1 aromatic carbocycles.